The van der Waals surface area contributed by atoms with Crippen molar-refractivity contribution in [2.45, 2.75) is 6.43 Å². The molecule has 0 aliphatic heterocycles. The largest absolute Gasteiger partial charge is 0.332 e. The van der Waals surface area contributed by atoms with Crippen molar-refractivity contribution in [3.05, 3.63) is 33.8 Å². The molecule has 106 valence electrons. The molecule has 1 amide bonds. The SMILES string of the molecule is O=C(c1c(F)cc(Br)cc1F)N(CCCl)CC(F)F. The van der Waals surface area contributed by atoms with Crippen LogP contribution in [0.1, 0.15) is 10.4 Å². The summed E-state index contributed by atoms with van der Waals surface area (Å²) in [4.78, 5) is 12.5. The number of alkyl halides is 3. The van der Waals surface area contributed by atoms with Gasteiger partial charge in [0.15, 0.2) is 0 Å². The van der Waals surface area contributed by atoms with E-state index in [1.54, 1.807) is 0 Å². The minimum Gasteiger partial charge on any atom is -0.332 e. The van der Waals surface area contributed by atoms with E-state index in [0.29, 0.717) is 4.90 Å². The number of hydrogen-bond donors (Lipinski definition) is 0. The molecule has 0 heterocycles. The van der Waals surface area contributed by atoms with E-state index in [1.807, 2.05) is 0 Å². The highest BCUT2D eigenvalue weighted by Gasteiger charge is 2.25. The van der Waals surface area contributed by atoms with E-state index in [-0.39, 0.29) is 16.9 Å². The van der Waals surface area contributed by atoms with E-state index in [9.17, 15) is 22.4 Å². The number of rotatable bonds is 5. The average Bonchev–Trinajstić information content (AvgIpc) is 2.26. The van der Waals surface area contributed by atoms with E-state index in [1.165, 1.54) is 0 Å². The highest BCUT2D eigenvalue weighted by Crippen LogP contribution is 2.21. The van der Waals surface area contributed by atoms with Gasteiger partial charge in [0.2, 0.25) is 0 Å². The molecular weight excluding hydrogens is 353 g/mol. The Morgan fingerprint density at radius 3 is 2.26 bits per heavy atom. The third kappa shape index (κ3) is 4.35. The van der Waals surface area contributed by atoms with Gasteiger partial charge in [-0.1, -0.05) is 15.9 Å². The molecule has 0 bridgehead atoms. The zero-order chi connectivity index (χ0) is 14.6. The lowest BCUT2D eigenvalue weighted by Gasteiger charge is -2.21. The number of carbonyl (C=O) groups is 1. The molecule has 0 N–H and O–H groups in total. The molecule has 0 aliphatic rings. The fraction of sp³-hybridized carbons (Fsp3) is 0.364. The second kappa shape index (κ2) is 7.09. The molecule has 0 spiro atoms. The Bertz CT molecular complexity index is 449. The Labute approximate surface area is 120 Å². The molecule has 8 heteroatoms. The van der Waals surface area contributed by atoms with Gasteiger partial charge in [-0.2, -0.15) is 0 Å². The summed E-state index contributed by atoms with van der Waals surface area (Å²) >= 11 is 8.24. The molecule has 0 atom stereocenters. The van der Waals surface area contributed by atoms with E-state index in [4.69, 9.17) is 11.6 Å². The minimum absolute atomic E-state index is 0.108. The molecule has 0 saturated heterocycles. The summed E-state index contributed by atoms with van der Waals surface area (Å²) in [6, 6.07) is 1.77. The maximum atomic E-state index is 13.6. The van der Waals surface area contributed by atoms with Crippen LogP contribution < -0.4 is 0 Å². The van der Waals surface area contributed by atoms with E-state index in [2.05, 4.69) is 15.9 Å². The fourth-order valence-corrected chi connectivity index (χ4v) is 2.05. The molecule has 0 unspecified atom stereocenters. The molecule has 0 aromatic heterocycles. The molecule has 0 saturated carbocycles. The molecular formula is C11H9BrClF4NO. The second-order valence-electron chi connectivity index (χ2n) is 3.58. The first-order valence-corrected chi connectivity index (χ1v) is 6.47. The normalized spacial score (nSPS) is 10.9. The first-order chi connectivity index (χ1) is 8.86. The summed E-state index contributed by atoms with van der Waals surface area (Å²) in [5.41, 5.74) is -0.867. The Morgan fingerprint density at radius 1 is 1.32 bits per heavy atom. The van der Waals surface area contributed by atoms with Gasteiger partial charge in [-0.25, -0.2) is 17.6 Å². The van der Waals surface area contributed by atoms with Crippen LogP contribution in [0, 0.1) is 11.6 Å². The molecule has 2 nitrogen and oxygen atoms in total. The van der Waals surface area contributed by atoms with Crippen LogP contribution in [-0.2, 0) is 0 Å². The highest BCUT2D eigenvalue weighted by atomic mass is 79.9. The minimum atomic E-state index is -2.81. The van der Waals surface area contributed by atoms with Gasteiger partial charge in [-0.05, 0) is 12.1 Å². The molecule has 1 aromatic rings. The molecule has 1 aromatic carbocycles. The number of hydrogen-bond acceptors (Lipinski definition) is 1. The second-order valence-corrected chi connectivity index (χ2v) is 4.87. The van der Waals surface area contributed by atoms with E-state index >= 15 is 0 Å². The molecule has 0 fully saturated rings. The van der Waals surface area contributed by atoms with E-state index < -0.39 is 36.1 Å². The zero-order valence-electron chi connectivity index (χ0n) is 9.48. The predicted molar refractivity (Wildman–Crippen MR) is 66.7 cm³/mol. The number of benzene rings is 1. The van der Waals surface area contributed by atoms with Gasteiger partial charge in [0.25, 0.3) is 12.3 Å². The van der Waals surface area contributed by atoms with Crippen LogP contribution in [0.15, 0.2) is 16.6 Å². The fourth-order valence-electron chi connectivity index (χ4n) is 1.45. The lowest BCUT2D eigenvalue weighted by Crippen LogP contribution is -2.37. The third-order valence-corrected chi connectivity index (χ3v) is 2.85. The van der Waals surface area contributed by atoms with Crippen LogP contribution in [-0.4, -0.2) is 36.2 Å². The summed E-state index contributed by atoms with van der Waals surface area (Å²) in [7, 11) is 0. The van der Waals surface area contributed by atoms with Crippen LogP contribution in [0.2, 0.25) is 0 Å². The Kier molecular flexibility index (Phi) is 6.06. The number of amides is 1. The van der Waals surface area contributed by atoms with Crippen molar-refractivity contribution < 1.29 is 22.4 Å². The van der Waals surface area contributed by atoms with Crippen LogP contribution in [0.4, 0.5) is 17.6 Å². The summed E-state index contributed by atoms with van der Waals surface area (Å²) < 4.78 is 51.9. The van der Waals surface area contributed by atoms with Gasteiger partial charge in [0.1, 0.15) is 17.2 Å². The smallest absolute Gasteiger partial charge is 0.260 e. The van der Waals surface area contributed by atoms with Crippen LogP contribution in [0.3, 0.4) is 0 Å². The molecule has 0 radical (unpaired) electrons. The van der Waals surface area contributed by atoms with Crippen molar-refractivity contribution >= 4 is 33.4 Å². The maximum Gasteiger partial charge on any atom is 0.260 e. The van der Waals surface area contributed by atoms with Crippen molar-refractivity contribution in [2.75, 3.05) is 19.0 Å². The Balaban J connectivity index is 3.09. The zero-order valence-corrected chi connectivity index (χ0v) is 11.8. The summed E-state index contributed by atoms with van der Waals surface area (Å²) in [5.74, 6) is -3.50. The maximum absolute atomic E-state index is 13.6. The van der Waals surface area contributed by atoms with E-state index in [0.717, 1.165) is 12.1 Å². The summed E-state index contributed by atoms with van der Waals surface area (Å²) in [5, 5.41) is 0. The number of nitrogens with zero attached hydrogens (tertiary/aromatic N) is 1. The Morgan fingerprint density at radius 2 is 1.84 bits per heavy atom. The Hall–Kier alpha value is -0.820. The van der Waals surface area contributed by atoms with Crippen LogP contribution in [0.25, 0.3) is 0 Å². The first kappa shape index (κ1) is 16.2. The van der Waals surface area contributed by atoms with Crippen molar-refractivity contribution in [3.8, 4) is 0 Å². The monoisotopic (exact) mass is 361 g/mol. The predicted octanol–water partition coefficient (Wildman–Crippen LogP) is 3.67. The van der Waals surface area contributed by atoms with Crippen LogP contribution in [0.5, 0.6) is 0 Å². The van der Waals surface area contributed by atoms with Gasteiger partial charge < -0.3 is 4.90 Å². The highest BCUT2D eigenvalue weighted by molar-refractivity contribution is 9.10. The standard InChI is InChI=1S/C11H9BrClF4NO/c12-6-3-7(14)10(8(15)4-6)11(19)18(2-1-13)5-9(16)17/h3-4,9H,1-2,5H2. The lowest BCUT2D eigenvalue weighted by molar-refractivity contribution is 0.0562. The van der Waals surface area contributed by atoms with Crippen molar-refractivity contribution in [1.29, 1.82) is 0 Å². The molecule has 1 rings (SSSR count). The molecule has 0 aliphatic carbocycles. The summed E-state index contributed by atoms with van der Waals surface area (Å²) in [6.45, 7) is -1.15. The van der Waals surface area contributed by atoms with Gasteiger partial charge in [0, 0.05) is 16.9 Å². The van der Waals surface area contributed by atoms with Crippen molar-refractivity contribution in [3.63, 3.8) is 0 Å². The average molecular weight is 363 g/mol. The summed E-state index contributed by atoms with van der Waals surface area (Å²) in [6.07, 6.45) is -2.81. The lowest BCUT2D eigenvalue weighted by atomic mass is 10.1. The topological polar surface area (TPSA) is 20.3 Å². The number of halogens is 6. The van der Waals surface area contributed by atoms with Crippen molar-refractivity contribution in [1.82, 2.24) is 4.90 Å². The first-order valence-electron chi connectivity index (χ1n) is 5.14. The quantitative estimate of drug-likeness (QED) is 0.578. The van der Waals surface area contributed by atoms with Gasteiger partial charge in [0.05, 0.1) is 6.54 Å². The van der Waals surface area contributed by atoms with Crippen molar-refractivity contribution in [2.24, 2.45) is 0 Å². The van der Waals surface area contributed by atoms with Gasteiger partial charge in [-0.15, -0.1) is 11.6 Å². The number of carbonyl (C=O) groups excluding carboxylic acids is 1. The van der Waals surface area contributed by atoms with Gasteiger partial charge >= 0.3 is 0 Å². The third-order valence-electron chi connectivity index (χ3n) is 2.22. The van der Waals surface area contributed by atoms with Crippen LogP contribution >= 0.6 is 27.5 Å². The van der Waals surface area contributed by atoms with Gasteiger partial charge in [-0.3, -0.25) is 4.79 Å². The molecule has 19 heavy (non-hydrogen) atoms.